The number of nitro groups is 1. The van der Waals surface area contributed by atoms with E-state index in [1.165, 1.54) is 27.4 Å². The molecule has 9 heteroatoms. The number of hydrogen-bond donors (Lipinski definition) is 1. The van der Waals surface area contributed by atoms with Gasteiger partial charge < -0.3 is 4.90 Å². The Hall–Kier alpha value is -2.00. The number of benzene rings is 2. The average molecular weight is 411 g/mol. The molecule has 7 nitrogen and oxygen atoms in total. The Balaban J connectivity index is 1.72. The van der Waals surface area contributed by atoms with E-state index in [1.807, 2.05) is 24.3 Å². The summed E-state index contributed by atoms with van der Waals surface area (Å²) in [6.07, 6.45) is 0. The van der Waals surface area contributed by atoms with Gasteiger partial charge in [-0.25, -0.2) is 8.42 Å². The van der Waals surface area contributed by atoms with E-state index >= 15 is 0 Å². The van der Waals surface area contributed by atoms with Gasteiger partial charge in [-0.1, -0.05) is 35.9 Å². The van der Waals surface area contributed by atoms with Crippen molar-refractivity contribution in [3.05, 3.63) is 69.2 Å². The second kappa shape index (κ2) is 7.93. The largest absolute Gasteiger partial charge is 0.327 e. The SMILES string of the molecule is C[C@@H](c1ccccc1Cl)[NH+]1CCN(S(=O)(=O)c2cccc([N+](=O)[O-])c2)CC1. The summed E-state index contributed by atoms with van der Waals surface area (Å²) in [4.78, 5) is 11.5. The lowest BCUT2D eigenvalue weighted by Gasteiger charge is -2.35. The molecule has 0 radical (unpaired) electrons. The van der Waals surface area contributed by atoms with Crippen LogP contribution in [0.25, 0.3) is 0 Å². The summed E-state index contributed by atoms with van der Waals surface area (Å²) < 4.78 is 27.1. The van der Waals surface area contributed by atoms with Gasteiger partial charge in [0.15, 0.2) is 0 Å². The topological polar surface area (TPSA) is 85.0 Å². The van der Waals surface area contributed by atoms with Gasteiger partial charge in [0, 0.05) is 22.7 Å². The molecule has 2 aromatic rings. The van der Waals surface area contributed by atoms with Crippen LogP contribution in [0.4, 0.5) is 5.69 Å². The molecule has 1 saturated heterocycles. The maximum atomic E-state index is 12.8. The first-order valence-corrected chi connectivity index (χ1v) is 10.5. The van der Waals surface area contributed by atoms with Crippen LogP contribution in [0.2, 0.25) is 5.02 Å². The third-order valence-electron chi connectivity index (χ3n) is 5.01. The van der Waals surface area contributed by atoms with Crippen LogP contribution in [0, 0.1) is 10.1 Å². The van der Waals surface area contributed by atoms with Crippen molar-refractivity contribution < 1.29 is 18.2 Å². The highest BCUT2D eigenvalue weighted by atomic mass is 35.5. The lowest BCUT2D eigenvalue weighted by atomic mass is 10.1. The Morgan fingerprint density at radius 2 is 1.81 bits per heavy atom. The van der Waals surface area contributed by atoms with Crippen LogP contribution in [0.5, 0.6) is 0 Å². The summed E-state index contributed by atoms with van der Waals surface area (Å²) in [5.74, 6) is 0. The lowest BCUT2D eigenvalue weighted by Crippen LogP contribution is -3.14. The van der Waals surface area contributed by atoms with Crippen molar-refractivity contribution >= 4 is 27.3 Å². The first kappa shape index (κ1) is 19.8. The highest BCUT2D eigenvalue weighted by molar-refractivity contribution is 7.89. The van der Waals surface area contributed by atoms with Crippen molar-refractivity contribution in [1.29, 1.82) is 0 Å². The Bertz CT molecular complexity index is 943. The minimum Gasteiger partial charge on any atom is -0.327 e. The van der Waals surface area contributed by atoms with Crippen molar-refractivity contribution in [1.82, 2.24) is 4.31 Å². The number of quaternary nitrogens is 1. The Labute approximate surface area is 163 Å². The molecule has 0 unspecified atom stereocenters. The molecule has 0 aliphatic carbocycles. The summed E-state index contributed by atoms with van der Waals surface area (Å²) >= 11 is 6.29. The van der Waals surface area contributed by atoms with Gasteiger partial charge in [0.05, 0.1) is 36.0 Å². The number of rotatable bonds is 5. The summed E-state index contributed by atoms with van der Waals surface area (Å²) in [6.45, 7) is 4.08. The Kier molecular flexibility index (Phi) is 5.81. The van der Waals surface area contributed by atoms with Gasteiger partial charge in [0.2, 0.25) is 10.0 Å². The van der Waals surface area contributed by atoms with E-state index < -0.39 is 14.9 Å². The standard InChI is InChI=1S/C18H20ClN3O4S/c1-14(17-7-2-3-8-18(17)19)20-9-11-21(12-10-20)27(25,26)16-6-4-5-15(13-16)22(23)24/h2-8,13-14H,9-12H2,1H3/p+1/t14-/m0/s1. The zero-order valence-electron chi connectivity index (χ0n) is 14.8. The molecule has 0 bridgehead atoms. The predicted molar refractivity (Wildman–Crippen MR) is 102 cm³/mol. The van der Waals surface area contributed by atoms with Crippen LogP contribution in [-0.2, 0) is 10.0 Å². The minimum absolute atomic E-state index is 0.0423. The van der Waals surface area contributed by atoms with Gasteiger partial charge in [-0.2, -0.15) is 4.31 Å². The molecule has 1 aliphatic heterocycles. The summed E-state index contributed by atoms with van der Waals surface area (Å²) in [5, 5.41) is 11.6. The van der Waals surface area contributed by atoms with Crippen molar-refractivity contribution in [3.63, 3.8) is 0 Å². The third kappa shape index (κ3) is 4.14. The van der Waals surface area contributed by atoms with E-state index in [1.54, 1.807) is 0 Å². The van der Waals surface area contributed by atoms with Crippen molar-refractivity contribution in [2.45, 2.75) is 17.9 Å². The van der Waals surface area contributed by atoms with Crippen LogP contribution in [-0.4, -0.2) is 43.8 Å². The number of nitro benzene ring substituents is 1. The molecule has 27 heavy (non-hydrogen) atoms. The predicted octanol–water partition coefficient (Wildman–Crippen LogP) is 1.90. The number of nitrogens with one attached hydrogen (secondary N) is 1. The molecular formula is C18H21ClN3O4S+. The van der Waals surface area contributed by atoms with Crippen LogP contribution in [0.1, 0.15) is 18.5 Å². The maximum Gasteiger partial charge on any atom is 0.270 e. The molecule has 144 valence electrons. The molecule has 3 rings (SSSR count). The number of piperazine rings is 1. The van der Waals surface area contributed by atoms with Crippen LogP contribution in [0.3, 0.4) is 0 Å². The van der Waals surface area contributed by atoms with Crippen molar-refractivity contribution in [3.8, 4) is 0 Å². The molecule has 0 amide bonds. The number of nitrogens with zero attached hydrogens (tertiary/aromatic N) is 2. The summed E-state index contributed by atoms with van der Waals surface area (Å²) in [6, 6.07) is 13.0. The number of hydrogen-bond acceptors (Lipinski definition) is 4. The molecular weight excluding hydrogens is 390 g/mol. The molecule has 0 spiro atoms. The van der Waals surface area contributed by atoms with E-state index in [2.05, 4.69) is 6.92 Å². The van der Waals surface area contributed by atoms with Crippen LogP contribution >= 0.6 is 11.6 Å². The molecule has 0 aromatic heterocycles. The fraction of sp³-hybridized carbons (Fsp3) is 0.333. The molecule has 1 aliphatic rings. The number of non-ortho nitro benzene ring substituents is 1. The van der Waals surface area contributed by atoms with Crippen molar-refractivity contribution in [2.75, 3.05) is 26.2 Å². The van der Waals surface area contributed by atoms with Gasteiger partial charge >= 0.3 is 0 Å². The molecule has 1 N–H and O–H groups in total. The highest BCUT2D eigenvalue weighted by Gasteiger charge is 2.33. The normalized spacial score (nSPS) is 17.6. The summed E-state index contributed by atoms with van der Waals surface area (Å²) in [7, 11) is -3.75. The molecule has 0 saturated carbocycles. The van der Waals surface area contributed by atoms with E-state index in [4.69, 9.17) is 11.6 Å². The van der Waals surface area contributed by atoms with Gasteiger partial charge in [-0.05, 0) is 19.1 Å². The highest BCUT2D eigenvalue weighted by Crippen LogP contribution is 2.22. The first-order valence-electron chi connectivity index (χ1n) is 8.64. The van der Waals surface area contributed by atoms with Gasteiger partial charge in [-0.3, -0.25) is 10.1 Å². The van der Waals surface area contributed by atoms with E-state index in [0.717, 1.165) is 11.6 Å². The van der Waals surface area contributed by atoms with Crippen LogP contribution < -0.4 is 4.90 Å². The average Bonchev–Trinajstić information content (AvgIpc) is 2.68. The molecule has 1 fully saturated rings. The van der Waals surface area contributed by atoms with Gasteiger partial charge in [0.1, 0.15) is 6.04 Å². The second-order valence-electron chi connectivity index (χ2n) is 6.56. The third-order valence-corrected chi connectivity index (χ3v) is 7.25. The smallest absolute Gasteiger partial charge is 0.270 e. The zero-order valence-corrected chi connectivity index (χ0v) is 16.4. The van der Waals surface area contributed by atoms with Gasteiger partial charge in [-0.15, -0.1) is 0 Å². The quantitative estimate of drug-likeness (QED) is 0.602. The monoisotopic (exact) mass is 410 g/mol. The number of sulfonamides is 1. The zero-order chi connectivity index (χ0) is 19.6. The summed E-state index contributed by atoms with van der Waals surface area (Å²) in [5.41, 5.74) is 0.817. The fourth-order valence-electron chi connectivity index (χ4n) is 3.40. The Morgan fingerprint density at radius 1 is 1.15 bits per heavy atom. The van der Waals surface area contributed by atoms with E-state index in [0.29, 0.717) is 31.2 Å². The van der Waals surface area contributed by atoms with E-state index in [9.17, 15) is 18.5 Å². The fourth-order valence-corrected chi connectivity index (χ4v) is 5.18. The van der Waals surface area contributed by atoms with E-state index in [-0.39, 0.29) is 16.6 Å². The second-order valence-corrected chi connectivity index (χ2v) is 8.91. The van der Waals surface area contributed by atoms with Crippen molar-refractivity contribution in [2.24, 2.45) is 0 Å². The molecule has 1 heterocycles. The molecule has 2 aromatic carbocycles. The maximum absolute atomic E-state index is 12.8. The number of halogens is 1. The minimum atomic E-state index is -3.75. The Morgan fingerprint density at radius 3 is 2.44 bits per heavy atom. The lowest BCUT2D eigenvalue weighted by molar-refractivity contribution is -0.933. The van der Waals surface area contributed by atoms with Crippen LogP contribution in [0.15, 0.2) is 53.4 Å². The van der Waals surface area contributed by atoms with Gasteiger partial charge in [0.25, 0.3) is 5.69 Å². The molecule has 1 atom stereocenters. The first-order chi connectivity index (χ1) is 12.8.